The van der Waals surface area contributed by atoms with Gasteiger partial charge in [-0.15, -0.1) is 0 Å². The number of hydrogen-bond donors (Lipinski definition) is 0. The molecule has 0 bridgehead atoms. The molecule has 1 aliphatic rings. The van der Waals surface area contributed by atoms with Gasteiger partial charge >= 0.3 is 12.1 Å². The Bertz CT molecular complexity index is 369. The van der Waals surface area contributed by atoms with Gasteiger partial charge in [0.15, 0.2) is 0 Å². The molecule has 1 atom stereocenters. The minimum atomic E-state index is -0.722. The van der Waals surface area contributed by atoms with Crippen LogP contribution in [0.5, 0.6) is 0 Å². The summed E-state index contributed by atoms with van der Waals surface area (Å²) in [5.74, 6) is 0.0421. The second-order valence-corrected chi connectivity index (χ2v) is 4.93. The number of carbonyl (C=O) groups is 2. The number of ether oxygens (including phenoxy) is 3. The number of methoxy groups -OCH3 is 2. The van der Waals surface area contributed by atoms with Crippen molar-refractivity contribution in [3.8, 4) is 0 Å². The summed E-state index contributed by atoms with van der Waals surface area (Å²) in [7, 11) is 2.76. The van der Waals surface area contributed by atoms with Crippen molar-refractivity contribution in [3.05, 3.63) is 12.0 Å². The first-order valence-electron chi connectivity index (χ1n) is 5.62. The molecule has 0 unspecified atom stereocenters. The lowest BCUT2D eigenvalue weighted by Gasteiger charge is -2.26. The molecule has 6 nitrogen and oxygen atoms in total. The SMILES string of the molecule is COC(=O)[C@@H]1CC(OC)=CN1C(=O)OC(C)(C)C. The molecule has 0 radical (unpaired) electrons. The summed E-state index contributed by atoms with van der Waals surface area (Å²) in [6.45, 7) is 5.28. The molecule has 0 aromatic rings. The Morgan fingerprint density at radius 1 is 1.33 bits per heavy atom. The lowest BCUT2D eigenvalue weighted by atomic mass is 10.2. The highest BCUT2D eigenvalue weighted by Gasteiger charge is 2.38. The third kappa shape index (κ3) is 3.38. The van der Waals surface area contributed by atoms with Crippen molar-refractivity contribution < 1.29 is 23.8 Å². The summed E-state index contributed by atoms with van der Waals surface area (Å²) in [5, 5.41) is 0. The number of carbonyl (C=O) groups excluding carboxylic acids is 2. The third-order valence-corrected chi connectivity index (χ3v) is 2.35. The molecule has 1 heterocycles. The molecule has 0 saturated carbocycles. The zero-order valence-corrected chi connectivity index (χ0v) is 11.4. The monoisotopic (exact) mass is 257 g/mol. The first-order valence-corrected chi connectivity index (χ1v) is 5.62. The van der Waals surface area contributed by atoms with Crippen LogP contribution in [0.4, 0.5) is 4.79 Å². The fraction of sp³-hybridized carbons (Fsp3) is 0.667. The molecule has 6 heteroatoms. The van der Waals surface area contributed by atoms with E-state index in [4.69, 9.17) is 9.47 Å². The van der Waals surface area contributed by atoms with Gasteiger partial charge in [-0.25, -0.2) is 9.59 Å². The number of hydrogen-bond acceptors (Lipinski definition) is 5. The van der Waals surface area contributed by atoms with E-state index in [2.05, 4.69) is 4.74 Å². The molecule has 18 heavy (non-hydrogen) atoms. The predicted molar refractivity (Wildman–Crippen MR) is 63.6 cm³/mol. The highest BCUT2D eigenvalue weighted by Crippen LogP contribution is 2.25. The molecule has 1 aliphatic heterocycles. The van der Waals surface area contributed by atoms with Gasteiger partial charge in [0.1, 0.15) is 17.4 Å². The standard InChI is InChI=1S/C12H19NO5/c1-12(2,3)18-11(15)13-7-8(16-4)6-9(13)10(14)17-5/h7,9H,6H2,1-5H3/t9-/m0/s1. The van der Waals surface area contributed by atoms with E-state index in [1.165, 1.54) is 25.3 Å². The van der Waals surface area contributed by atoms with Crippen LogP contribution in [0.3, 0.4) is 0 Å². The number of nitrogens with zero attached hydrogens (tertiary/aromatic N) is 1. The van der Waals surface area contributed by atoms with Crippen LogP contribution < -0.4 is 0 Å². The van der Waals surface area contributed by atoms with Crippen molar-refractivity contribution in [1.29, 1.82) is 0 Å². The topological polar surface area (TPSA) is 65.1 Å². The Balaban J connectivity index is 2.84. The maximum Gasteiger partial charge on any atom is 0.415 e. The van der Waals surface area contributed by atoms with Crippen molar-refractivity contribution in [2.45, 2.75) is 38.8 Å². The highest BCUT2D eigenvalue weighted by atomic mass is 16.6. The summed E-state index contributed by atoms with van der Waals surface area (Å²) in [5.41, 5.74) is -0.624. The van der Waals surface area contributed by atoms with Crippen molar-refractivity contribution in [1.82, 2.24) is 4.90 Å². The third-order valence-electron chi connectivity index (χ3n) is 2.35. The zero-order valence-electron chi connectivity index (χ0n) is 11.4. The van der Waals surface area contributed by atoms with E-state index >= 15 is 0 Å². The van der Waals surface area contributed by atoms with Gasteiger partial charge in [0.25, 0.3) is 0 Å². The molecule has 0 saturated heterocycles. The van der Waals surface area contributed by atoms with E-state index < -0.39 is 23.7 Å². The molecule has 0 aromatic heterocycles. The number of esters is 1. The van der Waals surface area contributed by atoms with Gasteiger partial charge in [-0.05, 0) is 20.8 Å². The first kappa shape index (κ1) is 14.3. The molecule has 1 amide bonds. The second-order valence-electron chi connectivity index (χ2n) is 4.93. The van der Waals surface area contributed by atoms with Crippen molar-refractivity contribution >= 4 is 12.1 Å². The highest BCUT2D eigenvalue weighted by molar-refractivity contribution is 5.83. The van der Waals surface area contributed by atoms with E-state index in [9.17, 15) is 9.59 Å². The van der Waals surface area contributed by atoms with Gasteiger partial charge in [-0.1, -0.05) is 0 Å². The smallest absolute Gasteiger partial charge is 0.415 e. The molecule has 102 valence electrons. The Morgan fingerprint density at radius 2 is 1.94 bits per heavy atom. The lowest BCUT2D eigenvalue weighted by Crippen LogP contribution is -2.42. The van der Waals surface area contributed by atoms with E-state index in [1.54, 1.807) is 20.8 Å². The molecule has 0 N–H and O–H groups in total. The van der Waals surface area contributed by atoms with Crippen LogP contribution in [-0.4, -0.2) is 42.8 Å². The van der Waals surface area contributed by atoms with E-state index in [-0.39, 0.29) is 0 Å². The second kappa shape index (κ2) is 5.29. The van der Waals surface area contributed by atoms with Gasteiger partial charge in [0.2, 0.25) is 0 Å². The fourth-order valence-corrected chi connectivity index (χ4v) is 1.55. The molecule has 0 aromatic carbocycles. The lowest BCUT2D eigenvalue weighted by molar-refractivity contribution is -0.145. The Morgan fingerprint density at radius 3 is 2.39 bits per heavy atom. The summed E-state index contributed by atoms with van der Waals surface area (Å²) in [4.78, 5) is 24.7. The zero-order chi connectivity index (χ0) is 13.9. The van der Waals surface area contributed by atoms with Gasteiger partial charge in [0.05, 0.1) is 14.2 Å². The van der Waals surface area contributed by atoms with E-state index in [0.717, 1.165) is 0 Å². The average molecular weight is 257 g/mol. The van der Waals surface area contributed by atoms with Crippen LogP contribution in [0.15, 0.2) is 12.0 Å². The molecule has 1 rings (SSSR count). The van der Waals surface area contributed by atoms with Crippen LogP contribution >= 0.6 is 0 Å². The Hall–Kier alpha value is -1.72. The fourth-order valence-electron chi connectivity index (χ4n) is 1.55. The van der Waals surface area contributed by atoms with Gasteiger partial charge in [0, 0.05) is 12.6 Å². The summed E-state index contributed by atoms with van der Waals surface area (Å²) >= 11 is 0. The van der Waals surface area contributed by atoms with Crippen LogP contribution in [0, 0.1) is 0 Å². The van der Waals surface area contributed by atoms with E-state index in [0.29, 0.717) is 12.2 Å². The minimum Gasteiger partial charge on any atom is -0.499 e. The molecule has 0 aliphatic carbocycles. The number of amides is 1. The maximum absolute atomic E-state index is 11.9. The largest absolute Gasteiger partial charge is 0.499 e. The van der Waals surface area contributed by atoms with Gasteiger partial charge in [-0.3, -0.25) is 4.90 Å². The first-order chi connectivity index (χ1) is 8.28. The van der Waals surface area contributed by atoms with Crippen molar-refractivity contribution in [2.24, 2.45) is 0 Å². The molecule has 0 fully saturated rings. The minimum absolute atomic E-state index is 0.294. The van der Waals surface area contributed by atoms with Crippen molar-refractivity contribution in [3.63, 3.8) is 0 Å². The van der Waals surface area contributed by atoms with Crippen molar-refractivity contribution in [2.75, 3.05) is 14.2 Å². The van der Waals surface area contributed by atoms with Gasteiger partial charge < -0.3 is 14.2 Å². The van der Waals surface area contributed by atoms with Crippen LogP contribution in [0.2, 0.25) is 0 Å². The Kier molecular flexibility index (Phi) is 4.21. The summed E-state index contributed by atoms with van der Waals surface area (Å²) in [6, 6.07) is -0.722. The molecular formula is C12H19NO5. The normalized spacial score (nSPS) is 19.3. The van der Waals surface area contributed by atoms with Crippen LogP contribution in [-0.2, 0) is 19.0 Å². The van der Waals surface area contributed by atoms with E-state index in [1.807, 2.05) is 0 Å². The Labute approximate surface area is 106 Å². The maximum atomic E-state index is 11.9. The van der Waals surface area contributed by atoms with Gasteiger partial charge in [-0.2, -0.15) is 0 Å². The average Bonchev–Trinajstić information content (AvgIpc) is 2.69. The van der Waals surface area contributed by atoms with Crippen LogP contribution in [0.1, 0.15) is 27.2 Å². The van der Waals surface area contributed by atoms with Crippen LogP contribution in [0.25, 0.3) is 0 Å². The number of rotatable bonds is 2. The predicted octanol–water partition coefficient (Wildman–Crippen LogP) is 1.66. The molecule has 0 spiro atoms. The summed E-state index contributed by atoms with van der Waals surface area (Å²) in [6.07, 6.45) is 1.17. The molecular weight excluding hydrogens is 238 g/mol. The summed E-state index contributed by atoms with van der Waals surface area (Å²) < 4.78 is 14.9. The quantitative estimate of drug-likeness (QED) is 0.704.